The van der Waals surface area contributed by atoms with Crippen LogP contribution in [0.15, 0.2) is 48.5 Å². The van der Waals surface area contributed by atoms with Crippen LogP contribution >= 0.6 is 11.3 Å². The fraction of sp³-hybridized carbons (Fsp3) is 0.263. The first kappa shape index (κ1) is 16.6. The Morgan fingerprint density at radius 3 is 2.67 bits per heavy atom. The molecule has 0 unspecified atom stereocenters. The Labute approximate surface area is 145 Å². The molecule has 0 radical (unpaired) electrons. The zero-order chi connectivity index (χ0) is 16.9. The Bertz CT molecular complexity index is 811. The van der Waals surface area contributed by atoms with Gasteiger partial charge in [-0.05, 0) is 30.2 Å². The molecule has 0 aliphatic heterocycles. The highest BCUT2D eigenvalue weighted by atomic mass is 32.1. The normalized spacial score (nSPS) is 10.9. The number of carbonyl (C=O) groups is 1. The predicted molar refractivity (Wildman–Crippen MR) is 98.7 cm³/mol. The number of nitrogens with zero attached hydrogens (tertiary/aromatic N) is 2. The highest BCUT2D eigenvalue weighted by molar-refractivity contribution is 7.22. The topological polar surface area (TPSA) is 42.4 Å². The van der Waals surface area contributed by atoms with Gasteiger partial charge in [-0.25, -0.2) is 4.98 Å². The lowest BCUT2D eigenvalue weighted by molar-refractivity contribution is -0.118. The number of amides is 1. The number of aromatic nitrogens is 1. The number of rotatable bonds is 6. The van der Waals surface area contributed by atoms with E-state index in [1.165, 1.54) is 11.3 Å². The third-order valence-electron chi connectivity index (χ3n) is 3.94. The maximum absolute atomic E-state index is 12.9. The van der Waals surface area contributed by atoms with E-state index in [1.54, 1.807) is 12.0 Å². The average Bonchev–Trinajstić information content (AvgIpc) is 3.01. The van der Waals surface area contributed by atoms with Crippen LogP contribution in [-0.2, 0) is 16.0 Å². The van der Waals surface area contributed by atoms with Gasteiger partial charge in [-0.3, -0.25) is 9.69 Å². The summed E-state index contributed by atoms with van der Waals surface area (Å²) in [4.78, 5) is 19.2. The fourth-order valence-corrected chi connectivity index (χ4v) is 3.56. The standard InChI is InChI=1S/C19H20N2O2S/c1-14-7-3-4-8-15(14)13-18(22)21(11-12-23-2)19-20-16-9-5-6-10-17(16)24-19/h3-10H,11-13H2,1-2H3. The summed E-state index contributed by atoms with van der Waals surface area (Å²) in [6.45, 7) is 3.01. The first-order valence-corrected chi connectivity index (χ1v) is 8.70. The van der Waals surface area contributed by atoms with Gasteiger partial charge in [0.15, 0.2) is 5.13 Å². The molecule has 3 aromatic rings. The number of carbonyl (C=O) groups excluding carboxylic acids is 1. The predicted octanol–water partition coefficient (Wildman–Crippen LogP) is 3.83. The van der Waals surface area contributed by atoms with E-state index in [0.717, 1.165) is 26.5 Å². The minimum atomic E-state index is 0.0420. The summed E-state index contributed by atoms with van der Waals surface area (Å²) in [6, 6.07) is 15.9. The van der Waals surface area contributed by atoms with E-state index in [9.17, 15) is 4.79 Å². The number of para-hydroxylation sites is 1. The third-order valence-corrected chi connectivity index (χ3v) is 5.00. The van der Waals surface area contributed by atoms with Gasteiger partial charge in [-0.15, -0.1) is 0 Å². The molecular formula is C19H20N2O2S. The molecule has 0 saturated heterocycles. The van der Waals surface area contributed by atoms with Crippen molar-refractivity contribution in [3.63, 3.8) is 0 Å². The summed E-state index contributed by atoms with van der Waals surface area (Å²) < 4.78 is 6.26. The third kappa shape index (κ3) is 3.63. The zero-order valence-corrected chi connectivity index (χ0v) is 14.7. The van der Waals surface area contributed by atoms with Gasteiger partial charge < -0.3 is 4.74 Å². The summed E-state index contributed by atoms with van der Waals surface area (Å²) in [5.74, 6) is 0.0420. The van der Waals surface area contributed by atoms with Crippen LogP contribution in [0, 0.1) is 6.92 Å². The zero-order valence-electron chi connectivity index (χ0n) is 13.9. The summed E-state index contributed by atoms with van der Waals surface area (Å²) in [5, 5.41) is 0.729. The van der Waals surface area contributed by atoms with Gasteiger partial charge in [-0.2, -0.15) is 0 Å². The van der Waals surface area contributed by atoms with Gasteiger partial charge in [-0.1, -0.05) is 47.7 Å². The minimum Gasteiger partial charge on any atom is -0.383 e. The van der Waals surface area contributed by atoms with Crippen LogP contribution in [0.2, 0.25) is 0 Å². The summed E-state index contributed by atoms with van der Waals surface area (Å²) in [7, 11) is 1.64. The Morgan fingerprint density at radius 2 is 1.92 bits per heavy atom. The number of ether oxygens (including phenoxy) is 1. The molecule has 0 spiro atoms. The van der Waals surface area contributed by atoms with Crippen LogP contribution in [0.4, 0.5) is 5.13 Å². The van der Waals surface area contributed by atoms with Crippen LogP contribution in [0.3, 0.4) is 0 Å². The van der Waals surface area contributed by atoms with E-state index in [0.29, 0.717) is 19.6 Å². The van der Waals surface area contributed by atoms with Crippen molar-refractivity contribution >= 4 is 32.6 Å². The number of anilines is 1. The lowest BCUT2D eigenvalue weighted by Gasteiger charge is -2.20. The smallest absolute Gasteiger partial charge is 0.233 e. The van der Waals surface area contributed by atoms with Crippen molar-refractivity contribution < 1.29 is 9.53 Å². The van der Waals surface area contributed by atoms with Gasteiger partial charge in [0.05, 0.1) is 29.8 Å². The molecule has 0 fully saturated rings. The second-order valence-electron chi connectivity index (χ2n) is 5.61. The highest BCUT2D eigenvalue weighted by Gasteiger charge is 2.20. The molecule has 3 rings (SSSR count). The molecule has 5 heteroatoms. The SMILES string of the molecule is COCCN(C(=O)Cc1ccccc1C)c1nc2ccccc2s1. The number of aryl methyl sites for hydroxylation is 1. The number of hydrogen-bond donors (Lipinski definition) is 0. The van der Waals surface area contributed by atoms with Crippen LogP contribution < -0.4 is 4.90 Å². The van der Waals surface area contributed by atoms with E-state index >= 15 is 0 Å². The van der Waals surface area contributed by atoms with E-state index in [4.69, 9.17) is 4.74 Å². The van der Waals surface area contributed by atoms with Gasteiger partial charge in [0.25, 0.3) is 0 Å². The molecule has 24 heavy (non-hydrogen) atoms. The molecule has 0 aliphatic carbocycles. The Balaban J connectivity index is 1.87. The molecular weight excluding hydrogens is 320 g/mol. The van der Waals surface area contributed by atoms with E-state index in [-0.39, 0.29) is 5.91 Å². The monoisotopic (exact) mass is 340 g/mol. The molecule has 0 bridgehead atoms. The first-order valence-electron chi connectivity index (χ1n) is 7.88. The molecule has 0 aliphatic rings. The second-order valence-corrected chi connectivity index (χ2v) is 6.61. The van der Waals surface area contributed by atoms with Gasteiger partial charge in [0, 0.05) is 7.11 Å². The molecule has 0 saturated carbocycles. The van der Waals surface area contributed by atoms with Crippen molar-refractivity contribution in [3.8, 4) is 0 Å². The van der Waals surface area contributed by atoms with E-state index in [1.807, 2.05) is 55.5 Å². The van der Waals surface area contributed by atoms with Crippen LogP contribution in [0.1, 0.15) is 11.1 Å². The van der Waals surface area contributed by atoms with Crippen LogP contribution in [0.5, 0.6) is 0 Å². The van der Waals surface area contributed by atoms with Crippen molar-refractivity contribution in [3.05, 3.63) is 59.7 Å². The molecule has 1 amide bonds. The lowest BCUT2D eigenvalue weighted by atomic mass is 10.1. The van der Waals surface area contributed by atoms with Crippen molar-refractivity contribution in [2.75, 3.05) is 25.2 Å². The quantitative estimate of drug-likeness (QED) is 0.685. The van der Waals surface area contributed by atoms with Gasteiger partial charge >= 0.3 is 0 Å². The van der Waals surface area contributed by atoms with Gasteiger partial charge in [0.1, 0.15) is 0 Å². The summed E-state index contributed by atoms with van der Waals surface area (Å²) >= 11 is 1.54. The number of benzene rings is 2. The summed E-state index contributed by atoms with van der Waals surface area (Å²) in [6.07, 6.45) is 0.367. The molecule has 2 aromatic carbocycles. The van der Waals surface area contributed by atoms with Crippen molar-refractivity contribution in [1.82, 2.24) is 4.98 Å². The molecule has 1 heterocycles. The van der Waals surface area contributed by atoms with Crippen molar-refractivity contribution in [2.24, 2.45) is 0 Å². The number of fused-ring (bicyclic) bond motifs is 1. The van der Waals surface area contributed by atoms with Crippen LogP contribution in [0.25, 0.3) is 10.2 Å². The number of thiazole rings is 1. The van der Waals surface area contributed by atoms with Crippen molar-refractivity contribution in [2.45, 2.75) is 13.3 Å². The second kappa shape index (κ2) is 7.55. The van der Waals surface area contributed by atoms with Crippen LogP contribution in [-0.4, -0.2) is 31.2 Å². The van der Waals surface area contributed by atoms with E-state index in [2.05, 4.69) is 4.98 Å². The Hall–Kier alpha value is -2.24. The highest BCUT2D eigenvalue weighted by Crippen LogP contribution is 2.29. The van der Waals surface area contributed by atoms with E-state index < -0.39 is 0 Å². The average molecular weight is 340 g/mol. The molecule has 4 nitrogen and oxygen atoms in total. The molecule has 1 aromatic heterocycles. The first-order chi connectivity index (χ1) is 11.7. The largest absolute Gasteiger partial charge is 0.383 e. The lowest BCUT2D eigenvalue weighted by Crippen LogP contribution is -2.35. The molecule has 0 N–H and O–H groups in total. The fourth-order valence-electron chi connectivity index (χ4n) is 2.55. The van der Waals surface area contributed by atoms with Gasteiger partial charge in [0.2, 0.25) is 5.91 Å². The minimum absolute atomic E-state index is 0.0420. The Morgan fingerprint density at radius 1 is 1.17 bits per heavy atom. The maximum atomic E-state index is 12.9. The number of hydrogen-bond acceptors (Lipinski definition) is 4. The maximum Gasteiger partial charge on any atom is 0.233 e. The number of methoxy groups -OCH3 is 1. The molecule has 0 atom stereocenters. The van der Waals surface area contributed by atoms with Crippen molar-refractivity contribution in [1.29, 1.82) is 0 Å². The molecule has 124 valence electrons. The Kier molecular flexibility index (Phi) is 5.23. The summed E-state index contributed by atoms with van der Waals surface area (Å²) in [5.41, 5.74) is 3.09.